The Morgan fingerprint density at radius 1 is 1.21 bits per heavy atom. The second kappa shape index (κ2) is 4.09. The molecule has 1 aromatic carbocycles. The molecule has 1 aliphatic heterocycles. The third kappa shape index (κ3) is 1.84. The Morgan fingerprint density at radius 2 is 1.86 bits per heavy atom. The van der Waals surface area contributed by atoms with Crippen molar-refractivity contribution in [3.63, 3.8) is 0 Å². The van der Waals surface area contributed by atoms with Gasteiger partial charge in [0.1, 0.15) is 0 Å². The van der Waals surface area contributed by atoms with E-state index in [1.165, 1.54) is 0 Å². The van der Waals surface area contributed by atoms with Crippen molar-refractivity contribution >= 4 is 11.4 Å². The molecule has 0 fully saturated rings. The zero-order valence-electron chi connectivity index (χ0n) is 7.86. The number of para-hydroxylation sites is 2. The number of hydrogen-bond donors (Lipinski definition) is 2. The quantitative estimate of drug-likeness (QED) is 0.567. The molecule has 0 aromatic heterocycles. The average molecular weight is 191 g/mol. The summed E-state index contributed by atoms with van der Waals surface area (Å²) in [7, 11) is 0. The van der Waals surface area contributed by atoms with Gasteiger partial charge in [-0.15, -0.1) is 0 Å². The van der Waals surface area contributed by atoms with Crippen LogP contribution in [-0.2, 0) is 0 Å². The first-order valence-corrected chi connectivity index (χ1v) is 4.81. The SMILES string of the molecule is O=NCCCC1Nc2ccccc2N1. The molecule has 0 aliphatic carbocycles. The lowest BCUT2D eigenvalue weighted by Crippen LogP contribution is -2.21. The number of rotatable bonds is 4. The average Bonchev–Trinajstić information content (AvgIpc) is 2.60. The summed E-state index contributed by atoms with van der Waals surface area (Å²) in [6, 6.07) is 8.09. The van der Waals surface area contributed by atoms with E-state index in [1.54, 1.807) is 0 Å². The van der Waals surface area contributed by atoms with Crippen LogP contribution in [0.2, 0.25) is 0 Å². The molecule has 1 heterocycles. The second-order valence-corrected chi connectivity index (χ2v) is 3.38. The highest BCUT2D eigenvalue weighted by Crippen LogP contribution is 2.29. The minimum atomic E-state index is 0.245. The molecule has 0 amide bonds. The van der Waals surface area contributed by atoms with Gasteiger partial charge in [0.15, 0.2) is 0 Å². The molecule has 0 bridgehead atoms. The molecule has 74 valence electrons. The number of hydrogen-bond acceptors (Lipinski definition) is 4. The standard InChI is InChI=1S/C10H13N3O/c14-11-7-3-6-10-12-8-4-1-2-5-9(8)13-10/h1-2,4-5,10,12-13H,3,6-7H2. The van der Waals surface area contributed by atoms with Gasteiger partial charge in [-0.25, -0.2) is 0 Å². The van der Waals surface area contributed by atoms with Crippen LogP contribution >= 0.6 is 0 Å². The molecular weight excluding hydrogens is 178 g/mol. The van der Waals surface area contributed by atoms with E-state index in [2.05, 4.69) is 15.8 Å². The van der Waals surface area contributed by atoms with Crippen LogP contribution in [0.4, 0.5) is 11.4 Å². The van der Waals surface area contributed by atoms with Crippen LogP contribution in [0.25, 0.3) is 0 Å². The Hall–Kier alpha value is -1.58. The van der Waals surface area contributed by atoms with Gasteiger partial charge in [0.2, 0.25) is 0 Å². The first kappa shape index (κ1) is 8.99. The normalized spacial score (nSPS) is 14.3. The summed E-state index contributed by atoms with van der Waals surface area (Å²) in [5, 5.41) is 9.52. The Morgan fingerprint density at radius 3 is 2.43 bits per heavy atom. The summed E-state index contributed by atoms with van der Waals surface area (Å²) in [5.41, 5.74) is 2.27. The van der Waals surface area contributed by atoms with Crippen LogP contribution in [0.1, 0.15) is 12.8 Å². The van der Waals surface area contributed by atoms with Gasteiger partial charge in [0.25, 0.3) is 0 Å². The van der Waals surface area contributed by atoms with E-state index < -0.39 is 0 Å². The molecule has 1 aliphatic rings. The lowest BCUT2D eigenvalue weighted by atomic mass is 10.2. The minimum absolute atomic E-state index is 0.245. The predicted octanol–water partition coefficient (Wildman–Crippen LogP) is 2.40. The zero-order chi connectivity index (χ0) is 9.80. The molecule has 2 rings (SSSR count). The lowest BCUT2D eigenvalue weighted by Gasteiger charge is -2.10. The number of nitrogens with zero attached hydrogens (tertiary/aromatic N) is 1. The Kier molecular flexibility index (Phi) is 2.62. The molecule has 0 atom stereocenters. The van der Waals surface area contributed by atoms with Crippen molar-refractivity contribution in [2.45, 2.75) is 19.0 Å². The van der Waals surface area contributed by atoms with Crippen molar-refractivity contribution in [1.29, 1.82) is 0 Å². The second-order valence-electron chi connectivity index (χ2n) is 3.38. The van der Waals surface area contributed by atoms with Crippen LogP contribution in [0.5, 0.6) is 0 Å². The minimum Gasteiger partial charge on any atom is -0.364 e. The van der Waals surface area contributed by atoms with Gasteiger partial charge >= 0.3 is 0 Å². The van der Waals surface area contributed by atoms with Crippen molar-refractivity contribution in [1.82, 2.24) is 0 Å². The van der Waals surface area contributed by atoms with E-state index in [0.29, 0.717) is 6.54 Å². The van der Waals surface area contributed by atoms with Crippen molar-refractivity contribution < 1.29 is 0 Å². The van der Waals surface area contributed by atoms with Crippen LogP contribution in [0, 0.1) is 4.91 Å². The zero-order valence-corrected chi connectivity index (χ0v) is 7.86. The maximum atomic E-state index is 9.91. The summed E-state index contributed by atoms with van der Waals surface area (Å²) in [5.74, 6) is 0. The van der Waals surface area contributed by atoms with Gasteiger partial charge in [-0.05, 0) is 25.0 Å². The summed E-state index contributed by atoms with van der Waals surface area (Å²) >= 11 is 0. The maximum absolute atomic E-state index is 9.91. The smallest absolute Gasteiger partial charge is 0.0965 e. The van der Waals surface area contributed by atoms with Crippen LogP contribution < -0.4 is 10.6 Å². The van der Waals surface area contributed by atoms with Crippen LogP contribution in [0.3, 0.4) is 0 Å². The molecule has 2 N–H and O–H groups in total. The highest BCUT2D eigenvalue weighted by Gasteiger charge is 2.17. The molecule has 4 nitrogen and oxygen atoms in total. The molecule has 14 heavy (non-hydrogen) atoms. The lowest BCUT2D eigenvalue weighted by molar-refractivity contribution is 0.684. The fourth-order valence-electron chi connectivity index (χ4n) is 1.65. The van der Waals surface area contributed by atoms with E-state index in [9.17, 15) is 4.91 Å². The van der Waals surface area contributed by atoms with E-state index >= 15 is 0 Å². The monoisotopic (exact) mass is 191 g/mol. The number of fused-ring (bicyclic) bond motifs is 1. The Balaban J connectivity index is 1.88. The van der Waals surface area contributed by atoms with E-state index in [4.69, 9.17) is 0 Å². The molecule has 4 heteroatoms. The third-order valence-electron chi connectivity index (χ3n) is 2.33. The summed E-state index contributed by atoms with van der Waals surface area (Å²) < 4.78 is 0. The summed E-state index contributed by atoms with van der Waals surface area (Å²) in [4.78, 5) is 9.91. The molecule has 0 unspecified atom stereocenters. The largest absolute Gasteiger partial charge is 0.364 e. The third-order valence-corrected chi connectivity index (χ3v) is 2.33. The molecule has 0 spiro atoms. The van der Waals surface area contributed by atoms with E-state index in [1.807, 2.05) is 24.3 Å². The van der Waals surface area contributed by atoms with Crippen molar-refractivity contribution in [2.75, 3.05) is 17.2 Å². The van der Waals surface area contributed by atoms with E-state index in [-0.39, 0.29) is 6.17 Å². The topological polar surface area (TPSA) is 53.5 Å². The van der Waals surface area contributed by atoms with Crippen LogP contribution in [-0.4, -0.2) is 12.7 Å². The molecule has 0 saturated heterocycles. The fourth-order valence-corrected chi connectivity index (χ4v) is 1.65. The van der Waals surface area contributed by atoms with Gasteiger partial charge in [-0.1, -0.05) is 17.3 Å². The number of anilines is 2. The van der Waals surface area contributed by atoms with Gasteiger partial charge in [-0.2, -0.15) is 4.91 Å². The number of benzene rings is 1. The van der Waals surface area contributed by atoms with Gasteiger partial charge in [0, 0.05) is 0 Å². The first-order chi connectivity index (χ1) is 6.90. The first-order valence-electron chi connectivity index (χ1n) is 4.81. The predicted molar refractivity (Wildman–Crippen MR) is 57.4 cm³/mol. The maximum Gasteiger partial charge on any atom is 0.0965 e. The Labute approximate surface area is 82.7 Å². The van der Waals surface area contributed by atoms with Crippen molar-refractivity contribution in [3.8, 4) is 0 Å². The Bertz CT molecular complexity index is 302. The van der Waals surface area contributed by atoms with E-state index in [0.717, 1.165) is 24.2 Å². The molecular formula is C10H13N3O. The van der Waals surface area contributed by atoms with Crippen molar-refractivity contribution in [3.05, 3.63) is 29.2 Å². The van der Waals surface area contributed by atoms with Gasteiger partial charge in [-0.3, -0.25) is 0 Å². The molecule has 0 radical (unpaired) electrons. The fraction of sp³-hybridized carbons (Fsp3) is 0.400. The summed E-state index contributed by atoms with van der Waals surface area (Å²) in [6.07, 6.45) is 1.98. The number of nitroso groups, excluding NO2 is 1. The van der Waals surface area contributed by atoms with Crippen LogP contribution in [0.15, 0.2) is 29.4 Å². The molecule has 0 saturated carbocycles. The van der Waals surface area contributed by atoms with Gasteiger partial charge < -0.3 is 10.6 Å². The number of nitrogens with one attached hydrogen (secondary N) is 2. The summed E-state index contributed by atoms with van der Waals surface area (Å²) in [6.45, 7) is 0.399. The highest BCUT2D eigenvalue weighted by atomic mass is 16.3. The highest BCUT2D eigenvalue weighted by molar-refractivity contribution is 5.73. The van der Waals surface area contributed by atoms with Crippen molar-refractivity contribution in [2.24, 2.45) is 5.18 Å². The molecule has 1 aromatic rings. The van der Waals surface area contributed by atoms with Gasteiger partial charge in [0.05, 0.1) is 24.1 Å².